The molecule has 0 spiro atoms. The van der Waals surface area contributed by atoms with E-state index in [4.69, 9.17) is 5.41 Å². The van der Waals surface area contributed by atoms with Gasteiger partial charge in [-0.05, 0) is 12.1 Å². The molecule has 0 bridgehead atoms. The Labute approximate surface area is 64.1 Å². The van der Waals surface area contributed by atoms with Crippen LogP contribution in [-0.2, 0) is 4.74 Å². The average molecular weight is 149 g/mol. The molecular weight excluding hydrogens is 142 g/mol. The smallest absolute Gasteiger partial charge is 0.344 e. The van der Waals surface area contributed by atoms with Crippen LogP contribution in [0.15, 0.2) is 30.3 Å². The minimum atomic E-state index is -0.499. The zero-order chi connectivity index (χ0) is 8.10. The molecule has 0 aliphatic heterocycles. The maximum Gasteiger partial charge on any atom is 0.344 e. The summed E-state index contributed by atoms with van der Waals surface area (Å²) in [7, 11) is 0. The van der Waals surface area contributed by atoms with Gasteiger partial charge in [0, 0.05) is 0 Å². The van der Waals surface area contributed by atoms with E-state index < -0.39 is 5.97 Å². The van der Waals surface area contributed by atoms with Crippen LogP contribution in [-0.4, -0.2) is 12.4 Å². The number of rotatable bonds is 2. The zero-order valence-corrected chi connectivity index (χ0v) is 5.78. The third-order valence-electron chi connectivity index (χ3n) is 1.18. The van der Waals surface area contributed by atoms with Gasteiger partial charge in [0.2, 0.25) is 0 Å². The Morgan fingerprint density at radius 1 is 1.36 bits per heavy atom. The van der Waals surface area contributed by atoms with Crippen molar-refractivity contribution in [3.8, 4) is 0 Å². The van der Waals surface area contributed by atoms with Gasteiger partial charge in [-0.2, -0.15) is 0 Å². The van der Waals surface area contributed by atoms with Crippen molar-refractivity contribution in [1.82, 2.24) is 0 Å². The van der Waals surface area contributed by atoms with Crippen LogP contribution in [0.2, 0.25) is 0 Å². The van der Waals surface area contributed by atoms with E-state index in [1.165, 1.54) is 0 Å². The first-order valence-corrected chi connectivity index (χ1v) is 3.09. The molecule has 0 unspecified atom stereocenters. The molecule has 11 heavy (non-hydrogen) atoms. The number of carbonyl (C=O) groups is 1. The second-order valence-electron chi connectivity index (χ2n) is 1.89. The molecule has 0 heterocycles. The summed E-state index contributed by atoms with van der Waals surface area (Å²) in [5.41, 5.74) is 0.455. The van der Waals surface area contributed by atoms with Crippen molar-refractivity contribution in [3.05, 3.63) is 35.9 Å². The number of hydrogen-bond acceptors (Lipinski definition) is 3. The molecule has 0 radical (unpaired) electrons. The molecule has 0 saturated heterocycles. The summed E-state index contributed by atoms with van der Waals surface area (Å²) in [5, 5.41) is 6.51. The van der Waals surface area contributed by atoms with E-state index in [-0.39, 0.29) is 0 Å². The maximum absolute atomic E-state index is 10.9. The SMILES string of the molecule is N=COC(=O)c1ccccc1. The summed E-state index contributed by atoms with van der Waals surface area (Å²) in [6.45, 7) is 0. The third kappa shape index (κ3) is 1.89. The Morgan fingerprint density at radius 3 is 2.55 bits per heavy atom. The second kappa shape index (κ2) is 3.51. The monoisotopic (exact) mass is 149 g/mol. The fourth-order valence-corrected chi connectivity index (χ4v) is 0.696. The first kappa shape index (κ1) is 7.47. The summed E-state index contributed by atoms with van der Waals surface area (Å²) < 4.78 is 4.33. The van der Waals surface area contributed by atoms with Gasteiger partial charge < -0.3 is 4.74 Å². The highest BCUT2D eigenvalue weighted by molar-refractivity contribution is 5.93. The number of hydrogen-bond donors (Lipinski definition) is 1. The van der Waals surface area contributed by atoms with Crippen molar-refractivity contribution in [2.75, 3.05) is 0 Å². The first-order chi connectivity index (χ1) is 5.34. The molecular formula is C8H7NO2. The van der Waals surface area contributed by atoms with Crippen LogP contribution in [0, 0.1) is 5.41 Å². The van der Waals surface area contributed by atoms with Gasteiger partial charge >= 0.3 is 5.97 Å². The van der Waals surface area contributed by atoms with Crippen molar-refractivity contribution < 1.29 is 9.53 Å². The van der Waals surface area contributed by atoms with Gasteiger partial charge in [-0.15, -0.1) is 0 Å². The Hall–Kier alpha value is -1.64. The van der Waals surface area contributed by atoms with E-state index in [2.05, 4.69) is 4.74 Å². The number of carbonyl (C=O) groups excluding carboxylic acids is 1. The van der Waals surface area contributed by atoms with Crippen molar-refractivity contribution in [3.63, 3.8) is 0 Å². The van der Waals surface area contributed by atoms with E-state index in [0.717, 1.165) is 0 Å². The van der Waals surface area contributed by atoms with Gasteiger partial charge in [-0.3, -0.25) is 5.41 Å². The lowest BCUT2D eigenvalue weighted by molar-refractivity contribution is 0.0727. The topological polar surface area (TPSA) is 50.1 Å². The molecule has 1 aromatic rings. The fourth-order valence-electron chi connectivity index (χ4n) is 0.696. The van der Waals surface area contributed by atoms with Gasteiger partial charge in [0.1, 0.15) is 0 Å². The summed E-state index contributed by atoms with van der Waals surface area (Å²) >= 11 is 0. The summed E-state index contributed by atoms with van der Waals surface area (Å²) in [6.07, 6.45) is 0.620. The number of ether oxygens (including phenoxy) is 1. The summed E-state index contributed by atoms with van der Waals surface area (Å²) in [5.74, 6) is -0.499. The van der Waals surface area contributed by atoms with Gasteiger partial charge in [0.15, 0.2) is 6.40 Å². The molecule has 3 heteroatoms. The highest BCUT2D eigenvalue weighted by Crippen LogP contribution is 1.99. The van der Waals surface area contributed by atoms with E-state index in [1.807, 2.05) is 0 Å². The van der Waals surface area contributed by atoms with E-state index >= 15 is 0 Å². The third-order valence-corrected chi connectivity index (χ3v) is 1.18. The highest BCUT2D eigenvalue weighted by Gasteiger charge is 2.02. The minimum absolute atomic E-state index is 0.455. The minimum Gasteiger partial charge on any atom is -0.411 e. The molecule has 0 aliphatic carbocycles. The van der Waals surface area contributed by atoms with Crippen LogP contribution in [0.25, 0.3) is 0 Å². The molecule has 0 amide bonds. The fraction of sp³-hybridized carbons (Fsp3) is 0. The largest absolute Gasteiger partial charge is 0.411 e. The predicted octanol–water partition coefficient (Wildman–Crippen LogP) is 1.45. The van der Waals surface area contributed by atoms with E-state index in [9.17, 15) is 4.79 Å². The lowest BCUT2D eigenvalue weighted by atomic mass is 10.2. The molecule has 1 aromatic carbocycles. The lowest BCUT2D eigenvalue weighted by Crippen LogP contribution is -2.01. The van der Waals surface area contributed by atoms with Gasteiger partial charge in [-0.25, -0.2) is 4.79 Å². The van der Waals surface area contributed by atoms with Crippen LogP contribution in [0.3, 0.4) is 0 Å². The molecule has 0 fully saturated rings. The Morgan fingerprint density at radius 2 is 2.00 bits per heavy atom. The van der Waals surface area contributed by atoms with Gasteiger partial charge in [0.05, 0.1) is 5.56 Å². The van der Waals surface area contributed by atoms with Crippen LogP contribution in [0.5, 0.6) is 0 Å². The average Bonchev–Trinajstić information content (AvgIpc) is 2.07. The number of benzene rings is 1. The summed E-state index contributed by atoms with van der Waals surface area (Å²) in [6, 6.07) is 8.54. The molecule has 0 atom stereocenters. The molecule has 1 N–H and O–H groups in total. The van der Waals surface area contributed by atoms with Crippen molar-refractivity contribution in [1.29, 1.82) is 5.41 Å². The van der Waals surface area contributed by atoms with Gasteiger partial charge in [0.25, 0.3) is 0 Å². The van der Waals surface area contributed by atoms with Crippen molar-refractivity contribution >= 4 is 12.4 Å². The maximum atomic E-state index is 10.9. The lowest BCUT2D eigenvalue weighted by Gasteiger charge is -1.95. The number of esters is 1. The molecule has 3 nitrogen and oxygen atoms in total. The standard InChI is InChI=1S/C8H7NO2/c9-6-11-8(10)7-4-2-1-3-5-7/h1-6,9H. The Balaban J connectivity index is 2.77. The van der Waals surface area contributed by atoms with Crippen molar-refractivity contribution in [2.24, 2.45) is 0 Å². The quantitative estimate of drug-likeness (QED) is 0.393. The highest BCUT2D eigenvalue weighted by atomic mass is 16.5. The van der Waals surface area contributed by atoms with E-state index in [1.54, 1.807) is 30.3 Å². The van der Waals surface area contributed by atoms with Crippen LogP contribution < -0.4 is 0 Å². The van der Waals surface area contributed by atoms with Crippen LogP contribution >= 0.6 is 0 Å². The van der Waals surface area contributed by atoms with Crippen LogP contribution in [0.4, 0.5) is 0 Å². The van der Waals surface area contributed by atoms with Crippen LogP contribution in [0.1, 0.15) is 10.4 Å². The normalized spacial score (nSPS) is 8.73. The summed E-state index contributed by atoms with van der Waals surface area (Å²) in [4.78, 5) is 10.9. The number of nitrogens with one attached hydrogen (secondary N) is 1. The second-order valence-corrected chi connectivity index (χ2v) is 1.89. The predicted molar refractivity (Wildman–Crippen MR) is 40.6 cm³/mol. The van der Waals surface area contributed by atoms with Gasteiger partial charge in [-0.1, -0.05) is 18.2 Å². The zero-order valence-electron chi connectivity index (χ0n) is 5.78. The first-order valence-electron chi connectivity index (χ1n) is 3.09. The Bertz CT molecular complexity index is 256. The van der Waals surface area contributed by atoms with Crippen molar-refractivity contribution in [2.45, 2.75) is 0 Å². The molecule has 1 rings (SSSR count). The molecule has 56 valence electrons. The molecule has 0 aromatic heterocycles. The molecule has 0 aliphatic rings. The molecule has 0 saturated carbocycles. The Kier molecular flexibility index (Phi) is 2.38. The van der Waals surface area contributed by atoms with E-state index in [0.29, 0.717) is 12.0 Å².